The second-order valence-corrected chi connectivity index (χ2v) is 8.10. The van der Waals surface area contributed by atoms with E-state index in [9.17, 15) is 9.59 Å². The fourth-order valence-corrected chi connectivity index (χ4v) is 4.23. The minimum absolute atomic E-state index is 0.0588. The number of aromatic nitrogens is 3. The van der Waals surface area contributed by atoms with Crippen molar-refractivity contribution in [3.8, 4) is 0 Å². The maximum Gasteiger partial charge on any atom is 0.268 e. The third kappa shape index (κ3) is 3.05. The van der Waals surface area contributed by atoms with Crippen molar-refractivity contribution in [1.82, 2.24) is 14.8 Å². The molecule has 0 saturated carbocycles. The molecule has 4 aromatic rings. The van der Waals surface area contributed by atoms with Crippen LogP contribution in [0.5, 0.6) is 0 Å². The first kappa shape index (κ1) is 19.2. The van der Waals surface area contributed by atoms with E-state index in [1.165, 1.54) is 0 Å². The molecule has 3 aromatic carbocycles. The molecule has 6 rings (SSSR count). The summed E-state index contributed by atoms with van der Waals surface area (Å²) < 4.78 is 1.72. The smallest absolute Gasteiger partial charge is 0.268 e. The molecule has 1 atom stereocenters. The van der Waals surface area contributed by atoms with E-state index in [0.717, 1.165) is 27.3 Å². The molecule has 0 bridgehead atoms. The summed E-state index contributed by atoms with van der Waals surface area (Å²) in [6.45, 7) is 2.04. The van der Waals surface area contributed by atoms with Gasteiger partial charge in [0, 0.05) is 5.70 Å². The van der Waals surface area contributed by atoms with E-state index < -0.39 is 11.8 Å². The van der Waals surface area contributed by atoms with Gasteiger partial charge in [0.1, 0.15) is 6.04 Å². The first-order valence-corrected chi connectivity index (χ1v) is 10.7. The maximum absolute atomic E-state index is 13.0. The fraction of sp³-hybridized carbons (Fsp3) is 0.0769. The largest absolute Gasteiger partial charge is 0.324 e. The standard InChI is InChI=1S/C26H19N5O2/c1-16-11-13-18(14-12-16)22-15-21(17-7-3-2-4-8-17)27-25-28-26(29-31(22)25)30-23(32)19-9-5-6-10-20(19)24(30)33/h2-15,22H,1H3,(H,27,28,29). The quantitative estimate of drug-likeness (QED) is 0.483. The topological polar surface area (TPSA) is 80.1 Å². The lowest BCUT2D eigenvalue weighted by molar-refractivity contribution is 0.0924. The van der Waals surface area contributed by atoms with Gasteiger partial charge in [-0.3, -0.25) is 9.59 Å². The van der Waals surface area contributed by atoms with E-state index in [2.05, 4.69) is 45.7 Å². The molecule has 1 aromatic heterocycles. The summed E-state index contributed by atoms with van der Waals surface area (Å²) in [5, 5.41) is 7.93. The van der Waals surface area contributed by atoms with Crippen molar-refractivity contribution in [2.75, 3.05) is 10.2 Å². The summed E-state index contributed by atoms with van der Waals surface area (Å²) in [7, 11) is 0. The van der Waals surface area contributed by atoms with Crippen LogP contribution < -0.4 is 10.2 Å². The zero-order valence-corrected chi connectivity index (χ0v) is 17.8. The summed E-state index contributed by atoms with van der Waals surface area (Å²) >= 11 is 0. The van der Waals surface area contributed by atoms with Crippen LogP contribution in [0.15, 0.2) is 84.9 Å². The number of nitrogens with one attached hydrogen (secondary N) is 1. The Balaban J connectivity index is 1.46. The number of hydrogen-bond acceptors (Lipinski definition) is 5. The van der Waals surface area contributed by atoms with Crippen molar-refractivity contribution in [2.24, 2.45) is 0 Å². The SMILES string of the molecule is Cc1ccc(C2C=C(c3ccccc3)Nc3nc(N4C(=O)c5ccccc5C4=O)nn32)cc1. The summed E-state index contributed by atoms with van der Waals surface area (Å²) in [5.41, 5.74) is 4.80. The van der Waals surface area contributed by atoms with Crippen LogP contribution in [0.1, 0.15) is 43.4 Å². The summed E-state index contributed by atoms with van der Waals surface area (Å²) in [4.78, 5) is 31.6. The van der Waals surface area contributed by atoms with E-state index >= 15 is 0 Å². The van der Waals surface area contributed by atoms with Crippen molar-refractivity contribution < 1.29 is 9.59 Å². The van der Waals surface area contributed by atoms with Gasteiger partial charge in [0.25, 0.3) is 17.8 Å². The van der Waals surface area contributed by atoms with Crippen molar-refractivity contribution in [3.05, 3.63) is 113 Å². The second-order valence-electron chi connectivity index (χ2n) is 8.10. The molecule has 7 heteroatoms. The van der Waals surface area contributed by atoms with Gasteiger partial charge in [-0.05, 0) is 36.3 Å². The van der Waals surface area contributed by atoms with Crippen LogP contribution in [0, 0.1) is 6.92 Å². The number of amides is 2. The molecule has 7 nitrogen and oxygen atoms in total. The van der Waals surface area contributed by atoms with Crippen LogP contribution >= 0.6 is 0 Å². The first-order chi connectivity index (χ1) is 16.1. The minimum Gasteiger partial charge on any atom is -0.324 e. The Bertz CT molecular complexity index is 1400. The highest BCUT2D eigenvalue weighted by Gasteiger charge is 2.40. The molecule has 3 heterocycles. The Morgan fingerprint density at radius 3 is 2.12 bits per heavy atom. The number of rotatable bonds is 3. The molecule has 2 amide bonds. The van der Waals surface area contributed by atoms with E-state index in [-0.39, 0.29) is 12.0 Å². The molecule has 2 aliphatic rings. The molecule has 0 spiro atoms. The third-order valence-corrected chi connectivity index (χ3v) is 5.95. The molecule has 1 N–H and O–H groups in total. The molecule has 0 saturated heterocycles. The molecule has 33 heavy (non-hydrogen) atoms. The molecule has 0 aliphatic carbocycles. The Labute approximate surface area is 190 Å². The predicted octanol–water partition coefficient (Wildman–Crippen LogP) is 4.44. The lowest BCUT2D eigenvalue weighted by Gasteiger charge is -2.24. The number of aryl methyl sites for hydroxylation is 1. The maximum atomic E-state index is 13.0. The van der Waals surface area contributed by atoms with Gasteiger partial charge < -0.3 is 5.32 Å². The number of fused-ring (bicyclic) bond motifs is 2. The molecular formula is C26H19N5O2. The van der Waals surface area contributed by atoms with Crippen LogP contribution in [-0.4, -0.2) is 26.6 Å². The van der Waals surface area contributed by atoms with Gasteiger partial charge in [-0.2, -0.15) is 4.98 Å². The molecular weight excluding hydrogens is 414 g/mol. The lowest BCUT2D eigenvalue weighted by Crippen LogP contribution is -2.30. The van der Waals surface area contributed by atoms with Crippen molar-refractivity contribution in [3.63, 3.8) is 0 Å². The van der Waals surface area contributed by atoms with E-state index in [4.69, 9.17) is 0 Å². The Kier molecular flexibility index (Phi) is 4.23. The summed E-state index contributed by atoms with van der Waals surface area (Å²) in [6.07, 6.45) is 2.08. The van der Waals surface area contributed by atoms with Gasteiger partial charge in [0.05, 0.1) is 11.1 Å². The number of anilines is 2. The van der Waals surface area contributed by atoms with Gasteiger partial charge >= 0.3 is 0 Å². The van der Waals surface area contributed by atoms with Crippen LogP contribution in [0.3, 0.4) is 0 Å². The third-order valence-electron chi connectivity index (χ3n) is 5.95. The van der Waals surface area contributed by atoms with Crippen molar-refractivity contribution in [2.45, 2.75) is 13.0 Å². The van der Waals surface area contributed by atoms with E-state index in [1.54, 1.807) is 28.9 Å². The van der Waals surface area contributed by atoms with Gasteiger partial charge in [0.15, 0.2) is 0 Å². The minimum atomic E-state index is -0.415. The fourth-order valence-electron chi connectivity index (χ4n) is 4.23. The van der Waals surface area contributed by atoms with Crippen LogP contribution in [0.4, 0.5) is 11.9 Å². The molecule has 0 radical (unpaired) electrons. The highest BCUT2D eigenvalue weighted by molar-refractivity contribution is 6.33. The average Bonchev–Trinajstić information content (AvgIpc) is 3.38. The zero-order chi connectivity index (χ0) is 22.5. The molecule has 2 aliphatic heterocycles. The van der Waals surface area contributed by atoms with Gasteiger partial charge in [-0.25, -0.2) is 9.58 Å². The van der Waals surface area contributed by atoms with Crippen molar-refractivity contribution in [1.29, 1.82) is 0 Å². The Morgan fingerprint density at radius 2 is 1.45 bits per heavy atom. The summed E-state index contributed by atoms with van der Waals surface area (Å²) in [6, 6.07) is 24.7. The zero-order valence-electron chi connectivity index (χ0n) is 17.8. The van der Waals surface area contributed by atoms with Gasteiger partial charge in [0.2, 0.25) is 5.95 Å². The average molecular weight is 433 g/mol. The van der Waals surface area contributed by atoms with Crippen LogP contribution in [0.25, 0.3) is 5.70 Å². The monoisotopic (exact) mass is 433 g/mol. The number of imide groups is 1. The predicted molar refractivity (Wildman–Crippen MR) is 125 cm³/mol. The molecule has 160 valence electrons. The first-order valence-electron chi connectivity index (χ1n) is 10.7. The highest BCUT2D eigenvalue weighted by Crippen LogP contribution is 2.35. The number of nitrogens with zero attached hydrogens (tertiary/aromatic N) is 4. The van der Waals surface area contributed by atoms with E-state index in [0.29, 0.717) is 17.1 Å². The van der Waals surface area contributed by atoms with Gasteiger partial charge in [-0.15, -0.1) is 5.10 Å². The second kappa shape index (κ2) is 7.27. The normalized spacial score (nSPS) is 16.8. The van der Waals surface area contributed by atoms with Crippen LogP contribution in [0.2, 0.25) is 0 Å². The molecule has 0 fully saturated rings. The number of hydrogen-bond donors (Lipinski definition) is 1. The number of benzene rings is 3. The van der Waals surface area contributed by atoms with Gasteiger partial charge in [-0.1, -0.05) is 72.3 Å². The molecule has 1 unspecified atom stereocenters. The number of carbonyl (C=O) groups is 2. The van der Waals surface area contributed by atoms with E-state index in [1.807, 2.05) is 37.3 Å². The van der Waals surface area contributed by atoms with Crippen LogP contribution in [-0.2, 0) is 0 Å². The summed E-state index contributed by atoms with van der Waals surface area (Å²) in [5.74, 6) is -0.305. The number of carbonyl (C=O) groups excluding carboxylic acids is 2. The lowest BCUT2D eigenvalue weighted by atomic mass is 10.0. The number of allylic oxidation sites excluding steroid dienone is 1. The Morgan fingerprint density at radius 1 is 0.818 bits per heavy atom. The Hall–Kier alpha value is -4.52. The highest BCUT2D eigenvalue weighted by atomic mass is 16.2. The van der Waals surface area contributed by atoms with Crippen molar-refractivity contribution >= 4 is 29.4 Å².